The number of anilines is 1. The van der Waals surface area contributed by atoms with Gasteiger partial charge < -0.3 is 15.2 Å². The van der Waals surface area contributed by atoms with Crippen molar-refractivity contribution >= 4 is 39.6 Å². The van der Waals surface area contributed by atoms with Crippen molar-refractivity contribution in [3.05, 3.63) is 52.0 Å². The number of nitrogens with one attached hydrogen (secondary N) is 2. The summed E-state index contributed by atoms with van der Waals surface area (Å²) in [5, 5.41) is 16.3. The number of ether oxygens (including phenoxy) is 1. The minimum Gasteiger partial charge on any atom is -0.503 e. The highest BCUT2D eigenvalue weighted by Gasteiger charge is 2.10. The summed E-state index contributed by atoms with van der Waals surface area (Å²) in [6, 6.07) is 10.5. The van der Waals surface area contributed by atoms with E-state index in [1.165, 1.54) is 6.21 Å². The lowest BCUT2D eigenvalue weighted by Crippen LogP contribution is -2.24. The third kappa shape index (κ3) is 6.41. The summed E-state index contributed by atoms with van der Waals surface area (Å²) in [4.78, 5) is 23.7. The van der Waals surface area contributed by atoms with Gasteiger partial charge in [-0.05, 0) is 59.6 Å². The number of phenols is 1. The molecule has 0 aliphatic rings. The molecule has 3 N–H and O–H groups in total. The number of aryl methyl sites for hydroxylation is 1. The molecule has 2 amide bonds. The van der Waals surface area contributed by atoms with Crippen molar-refractivity contribution < 1.29 is 19.4 Å². The van der Waals surface area contributed by atoms with Gasteiger partial charge in [-0.25, -0.2) is 5.43 Å². The van der Waals surface area contributed by atoms with E-state index >= 15 is 0 Å². The van der Waals surface area contributed by atoms with Crippen molar-refractivity contribution in [3.63, 3.8) is 0 Å². The molecule has 0 saturated heterocycles. The summed E-state index contributed by atoms with van der Waals surface area (Å²) in [6.45, 7) is 4.14. The van der Waals surface area contributed by atoms with Crippen LogP contribution < -0.4 is 15.5 Å². The van der Waals surface area contributed by atoms with Gasteiger partial charge in [0.25, 0.3) is 0 Å². The number of aromatic hydroxyl groups is 1. The molecule has 0 saturated carbocycles. The lowest BCUT2D eigenvalue weighted by molar-refractivity contribution is -0.126. The monoisotopic (exact) mass is 433 g/mol. The summed E-state index contributed by atoms with van der Waals surface area (Å²) in [6.07, 6.45) is 1.04. The number of hydrogen-bond acceptors (Lipinski definition) is 5. The molecule has 0 atom stereocenters. The normalized spacial score (nSPS) is 10.6. The zero-order valence-corrected chi connectivity index (χ0v) is 16.5. The average molecular weight is 434 g/mol. The maximum atomic E-state index is 11.9. The molecular formula is C19H20BrN3O4. The van der Waals surface area contributed by atoms with Crippen LogP contribution in [0.25, 0.3) is 0 Å². The number of halogens is 1. The first kappa shape index (κ1) is 20.4. The van der Waals surface area contributed by atoms with Crippen molar-refractivity contribution in [3.8, 4) is 11.5 Å². The van der Waals surface area contributed by atoms with Gasteiger partial charge in [-0.3, -0.25) is 9.59 Å². The second kappa shape index (κ2) is 9.72. The van der Waals surface area contributed by atoms with Gasteiger partial charge in [-0.1, -0.05) is 17.7 Å². The molecule has 8 heteroatoms. The predicted molar refractivity (Wildman–Crippen MR) is 107 cm³/mol. The molecule has 2 aromatic rings. The van der Waals surface area contributed by atoms with Crippen LogP contribution in [0.1, 0.15) is 24.5 Å². The summed E-state index contributed by atoms with van der Waals surface area (Å²) in [5.41, 5.74) is 4.60. The molecular weight excluding hydrogens is 414 g/mol. The zero-order chi connectivity index (χ0) is 19.8. The summed E-state index contributed by atoms with van der Waals surface area (Å²) >= 11 is 3.22. The molecule has 0 radical (unpaired) electrons. The quantitative estimate of drug-likeness (QED) is 0.354. The Morgan fingerprint density at radius 1 is 1.22 bits per heavy atom. The first-order valence-corrected chi connectivity index (χ1v) is 9.02. The molecule has 0 unspecified atom stereocenters. The van der Waals surface area contributed by atoms with Crippen LogP contribution in [0.2, 0.25) is 0 Å². The lowest BCUT2D eigenvalue weighted by Gasteiger charge is -2.08. The van der Waals surface area contributed by atoms with Crippen molar-refractivity contribution in [2.75, 3.05) is 11.9 Å². The third-order valence-electron chi connectivity index (χ3n) is 3.41. The number of phenolic OH excluding ortho intramolecular Hbond substituents is 1. The SMILES string of the molecule is CCOc1cc(/C=N/NC(=O)CC(=O)Nc2ccc(C)cc2)cc(Br)c1O. The van der Waals surface area contributed by atoms with Crippen molar-refractivity contribution in [2.45, 2.75) is 20.3 Å². The smallest absolute Gasteiger partial charge is 0.249 e. The van der Waals surface area contributed by atoms with Gasteiger partial charge in [0.05, 0.1) is 17.3 Å². The molecule has 7 nitrogen and oxygen atoms in total. The summed E-state index contributed by atoms with van der Waals surface area (Å²) in [7, 11) is 0. The lowest BCUT2D eigenvalue weighted by atomic mass is 10.2. The Morgan fingerprint density at radius 3 is 2.59 bits per heavy atom. The third-order valence-corrected chi connectivity index (χ3v) is 4.01. The van der Waals surface area contributed by atoms with Gasteiger partial charge in [0.1, 0.15) is 6.42 Å². The molecule has 0 fully saturated rings. The fourth-order valence-electron chi connectivity index (χ4n) is 2.14. The van der Waals surface area contributed by atoms with Crippen LogP contribution in [-0.2, 0) is 9.59 Å². The minimum absolute atomic E-state index is 0.00851. The fourth-order valence-corrected chi connectivity index (χ4v) is 2.60. The largest absolute Gasteiger partial charge is 0.503 e. The number of carbonyl (C=O) groups excluding carboxylic acids is 2. The molecule has 27 heavy (non-hydrogen) atoms. The number of carbonyl (C=O) groups is 2. The first-order chi connectivity index (χ1) is 12.9. The van der Waals surface area contributed by atoms with E-state index in [1.54, 1.807) is 31.2 Å². The molecule has 0 aromatic heterocycles. The van der Waals surface area contributed by atoms with Crippen LogP contribution in [0.4, 0.5) is 5.69 Å². The number of hydrazone groups is 1. The van der Waals surface area contributed by atoms with Gasteiger partial charge in [-0.2, -0.15) is 5.10 Å². The number of rotatable bonds is 7. The summed E-state index contributed by atoms with van der Waals surface area (Å²) in [5.74, 6) is -0.681. The van der Waals surface area contributed by atoms with Gasteiger partial charge in [0, 0.05) is 5.69 Å². The molecule has 2 aromatic carbocycles. The van der Waals surface area contributed by atoms with Gasteiger partial charge in [0.15, 0.2) is 11.5 Å². The second-order valence-corrected chi connectivity index (χ2v) is 6.52. The van der Waals surface area contributed by atoms with Gasteiger partial charge in [0.2, 0.25) is 11.8 Å². The predicted octanol–water partition coefficient (Wildman–Crippen LogP) is 3.34. The Labute approximate surface area is 165 Å². The highest BCUT2D eigenvalue weighted by molar-refractivity contribution is 9.10. The maximum absolute atomic E-state index is 11.9. The Kier molecular flexibility index (Phi) is 7.36. The van der Waals surface area contributed by atoms with Crippen molar-refractivity contribution in [1.82, 2.24) is 5.43 Å². The molecule has 0 aliphatic carbocycles. The van der Waals surface area contributed by atoms with Crippen LogP contribution in [-0.4, -0.2) is 29.7 Å². The fraction of sp³-hybridized carbons (Fsp3) is 0.211. The molecule has 0 bridgehead atoms. The molecule has 142 valence electrons. The number of benzene rings is 2. The van der Waals surface area contributed by atoms with Gasteiger partial charge in [-0.15, -0.1) is 0 Å². The van der Waals surface area contributed by atoms with E-state index in [4.69, 9.17) is 4.74 Å². The van der Waals surface area contributed by atoms with Crippen molar-refractivity contribution in [2.24, 2.45) is 5.10 Å². The van der Waals surface area contributed by atoms with Crippen LogP contribution in [0.5, 0.6) is 11.5 Å². The minimum atomic E-state index is -0.543. The standard InChI is InChI=1S/C19H20BrN3O4/c1-3-27-16-9-13(8-15(20)19(16)26)11-21-23-18(25)10-17(24)22-14-6-4-12(2)5-7-14/h4-9,11,26H,3,10H2,1-2H3,(H,22,24)(H,23,25)/b21-11+. The van der Waals surface area contributed by atoms with Crippen molar-refractivity contribution in [1.29, 1.82) is 0 Å². The average Bonchev–Trinajstić information content (AvgIpc) is 2.61. The van der Waals surface area contributed by atoms with Crippen LogP contribution in [0, 0.1) is 6.92 Å². The van der Waals surface area contributed by atoms with E-state index < -0.39 is 11.8 Å². The van der Waals surface area contributed by atoms with Crippen LogP contribution in [0.15, 0.2) is 46.0 Å². The number of hydrogen-bond donors (Lipinski definition) is 3. The Bertz CT molecular complexity index is 851. The Hall–Kier alpha value is -2.87. The summed E-state index contributed by atoms with van der Waals surface area (Å²) < 4.78 is 5.76. The van der Waals surface area contributed by atoms with E-state index in [2.05, 4.69) is 31.8 Å². The van der Waals surface area contributed by atoms with Gasteiger partial charge >= 0.3 is 0 Å². The second-order valence-electron chi connectivity index (χ2n) is 5.67. The van der Waals surface area contributed by atoms with E-state index in [9.17, 15) is 14.7 Å². The number of nitrogens with zero attached hydrogens (tertiary/aromatic N) is 1. The number of amides is 2. The van der Waals surface area contributed by atoms with Crippen LogP contribution >= 0.6 is 15.9 Å². The van der Waals surface area contributed by atoms with E-state index in [0.29, 0.717) is 28.1 Å². The first-order valence-electron chi connectivity index (χ1n) is 8.22. The molecule has 0 heterocycles. The molecule has 0 aliphatic heterocycles. The van der Waals surface area contributed by atoms with Crippen LogP contribution in [0.3, 0.4) is 0 Å². The van der Waals surface area contributed by atoms with E-state index in [0.717, 1.165) is 5.56 Å². The maximum Gasteiger partial charge on any atom is 0.249 e. The topological polar surface area (TPSA) is 100 Å². The Balaban J connectivity index is 1.89. The molecule has 0 spiro atoms. The highest BCUT2D eigenvalue weighted by atomic mass is 79.9. The highest BCUT2D eigenvalue weighted by Crippen LogP contribution is 2.35. The van der Waals surface area contributed by atoms with E-state index in [-0.39, 0.29) is 12.2 Å². The zero-order valence-electron chi connectivity index (χ0n) is 15.0. The molecule has 2 rings (SSSR count). The Morgan fingerprint density at radius 2 is 1.93 bits per heavy atom. The van der Waals surface area contributed by atoms with E-state index in [1.807, 2.05) is 19.1 Å².